The quantitative estimate of drug-likeness (QED) is 0.508. The Hall–Kier alpha value is -2.60. The van der Waals surface area contributed by atoms with Crippen LogP contribution in [0.4, 0.5) is 0 Å². The van der Waals surface area contributed by atoms with E-state index in [2.05, 4.69) is 42.0 Å². The number of rotatable bonds is 7. The third-order valence-electron chi connectivity index (χ3n) is 4.60. The van der Waals surface area contributed by atoms with Crippen LogP contribution in [0.5, 0.6) is 0 Å². The van der Waals surface area contributed by atoms with Crippen molar-refractivity contribution < 1.29 is 0 Å². The number of imidazole rings is 1. The number of hydrogen-bond acceptors (Lipinski definition) is 4. The molecule has 6 nitrogen and oxygen atoms in total. The van der Waals surface area contributed by atoms with Gasteiger partial charge >= 0.3 is 5.69 Å². The van der Waals surface area contributed by atoms with Gasteiger partial charge in [0.25, 0.3) is 0 Å². The average Bonchev–Trinajstić information content (AvgIpc) is 3.27. The highest BCUT2D eigenvalue weighted by Crippen LogP contribution is 2.10. The van der Waals surface area contributed by atoms with Crippen LogP contribution in [0.3, 0.4) is 0 Å². The number of hydrogen-bond donors (Lipinski definition) is 3. The second-order valence-corrected chi connectivity index (χ2v) is 6.66. The third-order valence-corrected chi connectivity index (χ3v) is 4.60. The van der Waals surface area contributed by atoms with Crippen LogP contribution in [-0.4, -0.2) is 28.9 Å². The van der Waals surface area contributed by atoms with Gasteiger partial charge in [-0.2, -0.15) is 0 Å². The van der Waals surface area contributed by atoms with Crippen molar-refractivity contribution in [2.45, 2.75) is 40.2 Å². The van der Waals surface area contributed by atoms with Crippen LogP contribution < -0.4 is 16.7 Å². The van der Waals surface area contributed by atoms with E-state index in [9.17, 15) is 4.79 Å². The molecule has 27 heavy (non-hydrogen) atoms. The summed E-state index contributed by atoms with van der Waals surface area (Å²) in [5, 5.41) is 3.32. The van der Waals surface area contributed by atoms with E-state index in [1.165, 1.54) is 32.0 Å². The Labute approximate surface area is 162 Å². The minimum atomic E-state index is -0.220. The van der Waals surface area contributed by atoms with Crippen LogP contribution in [0.2, 0.25) is 0 Å². The predicted octanol–water partition coefficient (Wildman–Crippen LogP) is 3.03. The summed E-state index contributed by atoms with van der Waals surface area (Å²) < 4.78 is 1.58. The van der Waals surface area contributed by atoms with Crippen LogP contribution in [-0.2, 0) is 6.54 Å². The first-order chi connectivity index (χ1) is 12.8. The van der Waals surface area contributed by atoms with Crippen LogP contribution in [0.1, 0.15) is 38.1 Å². The molecule has 2 rings (SSSR count). The highest BCUT2D eigenvalue weighted by molar-refractivity contribution is 5.79. The number of aliphatic imine (C=N–C) groups is 1. The Morgan fingerprint density at radius 2 is 2.11 bits per heavy atom. The summed E-state index contributed by atoms with van der Waals surface area (Å²) >= 11 is 0. The van der Waals surface area contributed by atoms with Crippen molar-refractivity contribution in [1.29, 1.82) is 0 Å². The van der Waals surface area contributed by atoms with E-state index in [1.54, 1.807) is 23.8 Å². The second kappa shape index (κ2) is 11.2. The smallest absolute Gasteiger partial charge is 0.326 e. The first-order valence-corrected chi connectivity index (χ1v) is 9.27. The molecule has 2 heterocycles. The number of H-pyrrole nitrogens is 1. The SMILES string of the molecule is C=C/C(N)=C(\C=C)Cn1c(C)c(C=NC(=C)C)[nH]c1=O.CC[C@@H]1CCNC1. The van der Waals surface area contributed by atoms with Gasteiger partial charge in [-0.25, -0.2) is 4.79 Å². The fourth-order valence-electron chi connectivity index (χ4n) is 2.70. The molecule has 1 aliphatic heterocycles. The lowest BCUT2D eigenvalue weighted by Gasteiger charge is -2.07. The Morgan fingerprint density at radius 3 is 2.56 bits per heavy atom. The van der Waals surface area contributed by atoms with Gasteiger partial charge < -0.3 is 16.0 Å². The molecule has 6 heteroatoms. The van der Waals surface area contributed by atoms with Gasteiger partial charge in [-0.1, -0.05) is 39.2 Å². The van der Waals surface area contributed by atoms with Gasteiger partial charge in [-0.05, 0) is 50.9 Å². The van der Waals surface area contributed by atoms with E-state index in [1.807, 2.05) is 6.92 Å². The summed E-state index contributed by atoms with van der Waals surface area (Å²) in [4.78, 5) is 18.8. The molecule has 0 spiro atoms. The van der Waals surface area contributed by atoms with Crippen molar-refractivity contribution >= 4 is 6.21 Å². The summed E-state index contributed by atoms with van der Waals surface area (Å²) in [7, 11) is 0. The molecular weight excluding hydrogens is 338 g/mol. The van der Waals surface area contributed by atoms with Crippen LogP contribution in [0.25, 0.3) is 0 Å². The van der Waals surface area contributed by atoms with Crippen LogP contribution in [0.15, 0.2) is 58.6 Å². The molecule has 0 radical (unpaired) electrons. The van der Waals surface area contributed by atoms with Crippen molar-refractivity contribution in [3.8, 4) is 0 Å². The average molecular weight is 372 g/mol. The molecule has 1 atom stereocenters. The molecule has 4 N–H and O–H groups in total. The molecule has 1 aromatic heterocycles. The van der Waals surface area contributed by atoms with Gasteiger partial charge in [0.15, 0.2) is 0 Å². The number of allylic oxidation sites excluding steroid dienone is 4. The highest BCUT2D eigenvalue weighted by atomic mass is 16.1. The van der Waals surface area contributed by atoms with E-state index in [4.69, 9.17) is 5.73 Å². The van der Waals surface area contributed by atoms with Gasteiger partial charge in [0.05, 0.1) is 18.5 Å². The lowest BCUT2D eigenvalue weighted by molar-refractivity contribution is 0.563. The van der Waals surface area contributed by atoms with Crippen LogP contribution in [0, 0.1) is 12.8 Å². The minimum Gasteiger partial charge on any atom is -0.398 e. The maximum atomic E-state index is 12.0. The third kappa shape index (κ3) is 6.90. The van der Waals surface area contributed by atoms with Gasteiger partial charge in [-0.15, -0.1) is 0 Å². The molecule has 0 unspecified atom stereocenters. The van der Waals surface area contributed by atoms with Crippen molar-refractivity contribution in [2.24, 2.45) is 16.6 Å². The molecule has 0 amide bonds. The lowest BCUT2D eigenvalue weighted by atomic mass is 10.1. The standard InChI is InChI=1S/C15H20N4O.C6H13N/c1-6-12(13(16)7-2)9-19-11(5)14(18-15(19)20)8-17-10(3)4;1-2-6-3-4-7-5-6/h6-8H,1-3,9,16H2,4-5H3,(H,18,20);6-7H,2-5H2,1H3/b13-12-,17-8?;/t;6-/m.1/s1. The minimum absolute atomic E-state index is 0.220. The van der Waals surface area contributed by atoms with Crippen molar-refractivity contribution in [3.63, 3.8) is 0 Å². The monoisotopic (exact) mass is 371 g/mol. The molecule has 0 saturated carbocycles. The summed E-state index contributed by atoms with van der Waals surface area (Å²) in [6, 6.07) is 0. The Balaban J connectivity index is 0.000000433. The van der Waals surface area contributed by atoms with E-state index in [0.29, 0.717) is 23.6 Å². The molecule has 0 aromatic carbocycles. The predicted molar refractivity (Wildman–Crippen MR) is 115 cm³/mol. The second-order valence-electron chi connectivity index (χ2n) is 6.66. The summed E-state index contributed by atoms with van der Waals surface area (Å²) in [6.45, 7) is 19.7. The van der Waals surface area contributed by atoms with Gasteiger partial charge in [0, 0.05) is 17.1 Å². The maximum Gasteiger partial charge on any atom is 0.326 e. The van der Waals surface area contributed by atoms with Gasteiger partial charge in [-0.3, -0.25) is 9.56 Å². The summed E-state index contributed by atoms with van der Waals surface area (Å²) in [6.07, 6.45) is 7.50. The van der Waals surface area contributed by atoms with Crippen molar-refractivity contribution in [1.82, 2.24) is 14.9 Å². The number of nitrogens with one attached hydrogen (secondary N) is 2. The number of nitrogens with two attached hydrogens (primary N) is 1. The molecule has 0 bridgehead atoms. The van der Waals surface area contributed by atoms with Crippen LogP contribution >= 0.6 is 0 Å². The van der Waals surface area contributed by atoms with E-state index in [0.717, 1.165) is 17.2 Å². The molecule has 0 aliphatic carbocycles. The first-order valence-electron chi connectivity index (χ1n) is 9.27. The molecular formula is C21H33N5O. The Bertz CT molecular complexity index is 773. The fourth-order valence-corrected chi connectivity index (χ4v) is 2.70. The van der Waals surface area contributed by atoms with Gasteiger partial charge in [0.2, 0.25) is 0 Å². The highest BCUT2D eigenvalue weighted by Gasteiger charge is 2.11. The number of aromatic amines is 1. The topological polar surface area (TPSA) is 88.2 Å². The molecule has 1 aromatic rings. The summed E-state index contributed by atoms with van der Waals surface area (Å²) in [5.41, 5.74) is 8.93. The number of nitrogens with zero attached hydrogens (tertiary/aromatic N) is 2. The number of aromatic nitrogens is 2. The zero-order valence-corrected chi connectivity index (χ0v) is 16.8. The Morgan fingerprint density at radius 1 is 1.41 bits per heavy atom. The molecule has 148 valence electrons. The normalized spacial score (nSPS) is 17.2. The van der Waals surface area contributed by atoms with Gasteiger partial charge in [0.1, 0.15) is 0 Å². The van der Waals surface area contributed by atoms with E-state index < -0.39 is 0 Å². The molecule has 1 fully saturated rings. The van der Waals surface area contributed by atoms with E-state index >= 15 is 0 Å². The fraction of sp³-hybridized carbons (Fsp3) is 0.429. The maximum absolute atomic E-state index is 12.0. The molecule has 1 aliphatic rings. The largest absolute Gasteiger partial charge is 0.398 e. The summed E-state index contributed by atoms with van der Waals surface area (Å²) in [5.74, 6) is 0.986. The molecule has 1 saturated heterocycles. The Kier molecular flexibility index (Phi) is 9.30. The zero-order chi connectivity index (χ0) is 20.4. The first kappa shape index (κ1) is 22.4. The van der Waals surface area contributed by atoms with E-state index in [-0.39, 0.29) is 5.69 Å². The lowest BCUT2D eigenvalue weighted by Crippen LogP contribution is -2.20. The van der Waals surface area contributed by atoms with Crippen molar-refractivity contribution in [3.05, 3.63) is 70.7 Å². The zero-order valence-electron chi connectivity index (χ0n) is 16.8. The van der Waals surface area contributed by atoms with Crippen molar-refractivity contribution in [2.75, 3.05) is 13.1 Å².